The van der Waals surface area contributed by atoms with Crippen LogP contribution in [0.2, 0.25) is 0 Å². The maximum absolute atomic E-state index is 11.3. The lowest BCUT2D eigenvalue weighted by Gasteiger charge is -2.69. The summed E-state index contributed by atoms with van der Waals surface area (Å²) in [5, 5.41) is 19.2. The summed E-state index contributed by atoms with van der Waals surface area (Å²) < 4.78 is 0.764. The van der Waals surface area contributed by atoms with Crippen LogP contribution < -0.4 is 0 Å². The van der Waals surface area contributed by atoms with Crippen LogP contribution in [0, 0.1) is 10.8 Å². The van der Waals surface area contributed by atoms with Gasteiger partial charge in [0.1, 0.15) is 5.75 Å². The number of hydrogen-bond donors (Lipinski definition) is 2. The molecule has 0 spiro atoms. The number of hydrogen-bond acceptors (Lipinski definition) is 3. The first-order chi connectivity index (χ1) is 10.8. The number of phenols is 1. The summed E-state index contributed by atoms with van der Waals surface area (Å²) >= 11 is 3.41. The third kappa shape index (κ3) is 2.31. The van der Waals surface area contributed by atoms with Crippen LogP contribution in [-0.4, -0.2) is 40.7 Å². The number of carbonyl (C=O) groups is 1. The van der Waals surface area contributed by atoms with Crippen molar-refractivity contribution in [3.05, 3.63) is 27.7 Å². The molecule has 1 aromatic carbocycles. The molecule has 1 aromatic rings. The maximum Gasteiger partial charge on any atom is 0.309 e. The molecule has 0 radical (unpaired) electrons. The normalized spacial score (nSPS) is 35.7. The Balaban J connectivity index is 1.46. The second-order valence-electron chi connectivity index (χ2n) is 8.00. The van der Waals surface area contributed by atoms with E-state index in [0.29, 0.717) is 11.7 Å². The number of rotatable bonds is 3. The van der Waals surface area contributed by atoms with Crippen LogP contribution >= 0.6 is 15.9 Å². The quantitative estimate of drug-likeness (QED) is 0.844. The lowest BCUT2D eigenvalue weighted by atomic mass is 9.35. The summed E-state index contributed by atoms with van der Waals surface area (Å²) in [6.45, 7) is 5.23. The van der Waals surface area contributed by atoms with Crippen LogP contribution in [0.15, 0.2) is 16.6 Å². The number of phenolic OH excluding ortho intramolecular Hbond substituents is 1. The van der Waals surface area contributed by atoms with Crippen LogP contribution in [-0.2, 0) is 11.2 Å². The zero-order valence-electron chi connectivity index (χ0n) is 13.3. The Morgan fingerprint density at radius 1 is 1.39 bits per heavy atom. The van der Waals surface area contributed by atoms with Gasteiger partial charge in [-0.15, -0.1) is 0 Å². The van der Waals surface area contributed by atoms with Crippen molar-refractivity contribution in [3.8, 4) is 5.75 Å². The molecule has 5 heteroatoms. The largest absolute Gasteiger partial charge is 0.507 e. The van der Waals surface area contributed by atoms with E-state index in [1.54, 1.807) is 0 Å². The van der Waals surface area contributed by atoms with Gasteiger partial charge >= 0.3 is 5.97 Å². The summed E-state index contributed by atoms with van der Waals surface area (Å²) in [6.07, 6.45) is 3.57. The standard InChI is InChI=1S/C18H22BrNO3/c1-11-6-20(10-17-7-18(8-17,9-17)16(22)23)3-2-12-4-14(19)15(21)5-13(11)12/h4-5,11,21H,2-3,6-10H2,1H3,(H,22,23). The second kappa shape index (κ2) is 4.96. The molecule has 1 heterocycles. The molecule has 5 rings (SSSR count). The van der Waals surface area contributed by atoms with Crippen molar-refractivity contribution in [3.63, 3.8) is 0 Å². The van der Waals surface area contributed by atoms with Crippen molar-refractivity contribution in [1.29, 1.82) is 0 Å². The molecule has 3 fully saturated rings. The molecule has 23 heavy (non-hydrogen) atoms. The fraction of sp³-hybridized carbons (Fsp3) is 0.611. The minimum absolute atomic E-state index is 0.261. The zero-order valence-corrected chi connectivity index (χ0v) is 14.9. The van der Waals surface area contributed by atoms with Crippen molar-refractivity contribution in [2.75, 3.05) is 19.6 Å². The van der Waals surface area contributed by atoms with Crippen LogP contribution in [0.4, 0.5) is 0 Å². The monoisotopic (exact) mass is 379 g/mol. The Labute approximate surface area is 144 Å². The molecule has 0 aromatic heterocycles. The summed E-state index contributed by atoms with van der Waals surface area (Å²) in [6, 6.07) is 3.94. The van der Waals surface area contributed by atoms with Crippen molar-refractivity contribution >= 4 is 21.9 Å². The van der Waals surface area contributed by atoms with E-state index in [1.165, 1.54) is 11.1 Å². The minimum Gasteiger partial charge on any atom is -0.507 e. The van der Waals surface area contributed by atoms with Crippen LogP contribution in [0.25, 0.3) is 0 Å². The van der Waals surface area contributed by atoms with Gasteiger partial charge in [-0.05, 0) is 76.2 Å². The molecule has 2 bridgehead atoms. The predicted octanol–water partition coefficient (Wildman–Crippen LogP) is 3.37. The summed E-state index contributed by atoms with van der Waals surface area (Å²) in [4.78, 5) is 13.8. The van der Waals surface area contributed by atoms with Crippen molar-refractivity contribution in [1.82, 2.24) is 4.90 Å². The Morgan fingerprint density at radius 2 is 2.09 bits per heavy atom. The first-order valence-electron chi connectivity index (χ1n) is 8.30. The number of carboxylic acid groups (broad SMARTS) is 1. The lowest BCUT2D eigenvalue weighted by Crippen LogP contribution is -2.68. The molecule has 4 nitrogen and oxygen atoms in total. The molecule has 3 aliphatic carbocycles. The summed E-state index contributed by atoms with van der Waals surface area (Å²) in [5.41, 5.74) is 2.44. The van der Waals surface area contributed by atoms with E-state index in [9.17, 15) is 15.0 Å². The van der Waals surface area contributed by atoms with Crippen LogP contribution in [0.5, 0.6) is 5.75 Å². The van der Waals surface area contributed by atoms with Gasteiger partial charge in [0.2, 0.25) is 0 Å². The highest BCUT2D eigenvalue weighted by molar-refractivity contribution is 9.10. The van der Waals surface area contributed by atoms with E-state index < -0.39 is 5.97 Å². The van der Waals surface area contributed by atoms with Gasteiger partial charge in [0.25, 0.3) is 0 Å². The summed E-state index contributed by atoms with van der Waals surface area (Å²) in [5.74, 6) is 0.0931. The third-order valence-electron chi connectivity index (χ3n) is 6.12. The van der Waals surface area contributed by atoms with Crippen LogP contribution in [0.3, 0.4) is 0 Å². The molecular weight excluding hydrogens is 358 g/mol. The molecule has 3 saturated carbocycles. The number of nitrogens with zero attached hydrogens (tertiary/aromatic N) is 1. The Bertz CT molecular complexity index is 667. The summed E-state index contributed by atoms with van der Waals surface area (Å²) in [7, 11) is 0. The van der Waals surface area contributed by atoms with E-state index in [2.05, 4.69) is 27.8 Å². The van der Waals surface area contributed by atoms with E-state index in [-0.39, 0.29) is 10.8 Å². The maximum atomic E-state index is 11.3. The van der Waals surface area contributed by atoms with Gasteiger partial charge in [-0.3, -0.25) is 4.79 Å². The number of fused-ring (bicyclic) bond motifs is 1. The average Bonchev–Trinajstić information content (AvgIpc) is 2.53. The van der Waals surface area contributed by atoms with E-state index >= 15 is 0 Å². The molecule has 4 aliphatic rings. The number of aliphatic carboxylic acids is 1. The number of benzene rings is 1. The van der Waals surface area contributed by atoms with Gasteiger partial charge in [0, 0.05) is 19.6 Å². The molecule has 1 unspecified atom stereocenters. The minimum atomic E-state index is -0.601. The van der Waals surface area contributed by atoms with Gasteiger partial charge in [0.15, 0.2) is 0 Å². The molecule has 1 atom stereocenters. The van der Waals surface area contributed by atoms with Gasteiger partial charge in [0.05, 0.1) is 9.89 Å². The number of halogens is 1. The predicted molar refractivity (Wildman–Crippen MR) is 90.7 cm³/mol. The van der Waals surface area contributed by atoms with Gasteiger partial charge in [-0.25, -0.2) is 0 Å². The first kappa shape index (κ1) is 15.5. The average molecular weight is 380 g/mol. The van der Waals surface area contributed by atoms with E-state index in [1.807, 2.05) is 12.1 Å². The topological polar surface area (TPSA) is 60.8 Å². The third-order valence-corrected chi connectivity index (χ3v) is 6.76. The first-order valence-corrected chi connectivity index (χ1v) is 9.09. The van der Waals surface area contributed by atoms with Crippen molar-refractivity contribution in [2.45, 2.75) is 38.5 Å². The zero-order chi connectivity index (χ0) is 16.4. The van der Waals surface area contributed by atoms with E-state index in [0.717, 1.165) is 49.8 Å². The highest BCUT2D eigenvalue weighted by Gasteiger charge is 2.71. The number of carboxylic acids is 1. The van der Waals surface area contributed by atoms with Gasteiger partial charge in [-0.1, -0.05) is 6.92 Å². The fourth-order valence-corrected chi connectivity index (χ4v) is 5.55. The van der Waals surface area contributed by atoms with Crippen molar-refractivity contribution < 1.29 is 15.0 Å². The SMILES string of the molecule is CC1CN(CC23CC(C(=O)O)(C2)C3)CCc2cc(Br)c(O)cc21. The molecule has 1 aliphatic heterocycles. The van der Waals surface area contributed by atoms with Gasteiger partial charge in [-0.2, -0.15) is 0 Å². The van der Waals surface area contributed by atoms with Gasteiger partial charge < -0.3 is 15.1 Å². The molecule has 124 valence electrons. The Morgan fingerprint density at radius 3 is 2.74 bits per heavy atom. The Hall–Kier alpha value is -1.07. The lowest BCUT2D eigenvalue weighted by molar-refractivity contribution is -0.228. The molecule has 0 amide bonds. The van der Waals surface area contributed by atoms with Crippen LogP contribution in [0.1, 0.15) is 43.2 Å². The molecule has 2 N–H and O–H groups in total. The fourth-order valence-electron chi connectivity index (χ4n) is 5.16. The van der Waals surface area contributed by atoms with Crippen molar-refractivity contribution in [2.24, 2.45) is 10.8 Å². The smallest absolute Gasteiger partial charge is 0.309 e. The number of aromatic hydroxyl groups is 1. The highest BCUT2D eigenvalue weighted by Crippen LogP contribution is 2.73. The Kier molecular flexibility index (Phi) is 3.34. The highest BCUT2D eigenvalue weighted by atomic mass is 79.9. The van der Waals surface area contributed by atoms with E-state index in [4.69, 9.17) is 0 Å². The molecular formula is C18H22BrNO3. The second-order valence-corrected chi connectivity index (χ2v) is 8.86. The molecule has 0 saturated heterocycles.